The van der Waals surface area contributed by atoms with Crippen molar-refractivity contribution >= 4 is 34.8 Å². The second-order valence-electron chi connectivity index (χ2n) is 1.82. The molecule has 0 bridgehead atoms. The summed E-state index contributed by atoms with van der Waals surface area (Å²) in [4.78, 5) is 0. The number of hydrogen-bond acceptors (Lipinski definition) is 0. The molecule has 0 aliphatic carbocycles. The Morgan fingerprint density at radius 1 is 1.56 bits per heavy atom. The van der Waals surface area contributed by atoms with Gasteiger partial charge in [0.05, 0.1) is 5.38 Å². The number of halogens is 3. The standard InChI is InChI=1S/C5H8Cl3O/c1-2-3-4(6)5(7,8)9/h4H,2-3H2,1H3. The highest BCUT2D eigenvalue weighted by atomic mass is 35.5. The minimum absolute atomic E-state index is 0.554. The lowest BCUT2D eigenvalue weighted by atomic mass is 10.2. The maximum Gasteiger partial charge on any atom is 0.266 e. The predicted octanol–water partition coefficient (Wildman–Crippen LogP) is 2.96. The lowest BCUT2D eigenvalue weighted by molar-refractivity contribution is 0.114. The summed E-state index contributed by atoms with van der Waals surface area (Å²) in [7, 11) is 0. The maximum absolute atomic E-state index is 10.6. The van der Waals surface area contributed by atoms with Gasteiger partial charge in [0.15, 0.2) is 0 Å². The summed E-state index contributed by atoms with van der Waals surface area (Å²) in [6.07, 6.45) is 1.37. The van der Waals surface area contributed by atoms with Crippen LogP contribution in [-0.2, 0) is 5.11 Å². The first-order valence-corrected chi connectivity index (χ1v) is 3.90. The van der Waals surface area contributed by atoms with Crippen LogP contribution in [0.15, 0.2) is 0 Å². The molecule has 0 fully saturated rings. The Labute approximate surface area is 69.9 Å². The largest absolute Gasteiger partial charge is 0.266 e. The summed E-state index contributed by atoms with van der Waals surface area (Å²) >= 11 is 15.8. The van der Waals surface area contributed by atoms with Crippen molar-refractivity contribution in [3.05, 3.63) is 0 Å². The molecule has 1 nitrogen and oxygen atoms in total. The average molecular weight is 190 g/mol. The van der Waals surface area contributed by atoms with Crippen LogP contribution in [0.1, 0.15) is 19.8 Å². The highest BCUT2D eigenvalue weighted by Crippen LogP contribution is 2.29. The Morgan fingerprint density at radius 2 is 2.00 bits per heavy atom. The van der Waals surface area contributed by atoms with E-state index in [1.165, 1.54) is 0 Å². The lowest BCUT2D eigenvalue weighted by Crippen LogP contribution is -2.23. The van der Waals surface area contributed by atoms with Gasteiger partial charge in [-0.25, -0.2) is 0 Å². The van der Waals surface area contributed by atoms with Crippen molar-refractivity contribution < 1.29 is 5.11 Å². The van der Waals surface area contributed by atoms with Gasteiger partial charge in [-0.1, -0.05) is 36.5 Å². The quantitative estimate of drug-likeness (QED) is 0.610. The zero-order valence-electron chi connectivity index (χ0n) is 5.03. The molecule has 55 valence electrons. The summed E-state index contributed by atoms with van der Waals surface area (Å²) in [6.45, 7) is 1.91. The topological polar surface area (TPSA) is 19.9 Å². The summed E-state index contributed by atoms with van der Waals surface area (Å²) in [5.74, 6) is 0. The van der Waals surface area contributed by atoms with Crippen LogP contribution in [0.25, 0.3) is 0 Å². The van der Waals surface area contributed by atoms with Crippen molar-refractivity contribution in [2.24, 2.45) is 0 Å². The molecule has 0 rings (SSSR count). The van der Waals surface area contributed by atoms with E-state index in [2.05, 4.69) is 0 Å². The molecule has 0 aromatic rings. The minimum atomic E-state index is -2.03. The summed E-state index contributed by atoms with van der Waals surface area (Å²) in [6, 6.07) is 0. The molecule has 0 amide bonds. The molecule has 0 aliphatic rings. The van der Waals surface area contributed by atoms with E-state index in [0.29, 0.717) is 6.42 Å². The molecule has 0 saturated carbocycles. The van der Waals surface area contributed by atoms with E-state index in [1.807, 2.05) is 6.92 Å². The minimum Gasteiger partial charge on any atom is -0.192 e. The van der Waals surface area contributed by atoms with Crippen molar-refractivity contribution in [2.45, 2.75) is 29.7 Å². The summed E-state index contributed by atoms with van der Waals surface area (Å²) < 4.78 is -2.03. The first-order chi connectivity index (χ1) is 3.98. The zero-order valence-corrected chi connectivity index (χ0v) is 7.30. The Morgan fingerprint density at radius 3 is 2.11 bits per heavy atom. The molecule has 0 N–H and O–H groups in total. The van der Waals surface area contributed by atoms with Crippen molar-refractivity contribution in [3.8, 4) is 0 Å². The fourth-order valence-corrected chi connectivity index (χ4v) is 0.858. The zero-order chi connectivity index (χ0) is 7.49. The molecule has 0 saturated heterocycles. The molecular formula is C5H8Cl3O. The van der Waals surface area contributed by atoms with Gasteiger partial charge in [0.1, 0.15) is 0 Å². The Kier molecular flexibility index (Phi) is 4.22. The van der Waals surface area contributed by atoms with Crippen LogP contribution in [0.4, 0.5) is 0 Å². The Hall–Kier alpha value is 0.830. The molecule has 0 aromatic carbocycles. The van der Waals surface area contributed by atoms with E-state index < -0.39 is 9.90 Å². The van der Waals surface area contributed by atoms with Gasteiger partial charge in [-0.2, -0.15) is 5.11 Å². The smallest absolute Gasteiger partial charge is 0.192 e. The molecule has 0 aromatic heterocycles. The van der Waals surface area contributed by atoms with Crippen LogP contribution in [0.3, 0.4) is 0 Å². The Balaban J connectivity index is 3.59. The monoisotopic (exact) mass is 189 g/mol. The van der Waals surface area contributed by atoms with E-state index in [4.69, 9.17) is 34.8 Å². The van der Waals surface area contributed by atoms with Crippen molar-refractivity contribution in [1.82, 2.24) is 0 Å². The van der Waals surface area contributed by atoms with Gasteiger partial charge in [0, 0.05) is 0 Å². The highest BCUT2D eigenvalue weighted by molar-refractivity contribution is 6.50. The van der Waals surface area contributed by atoms with Gasteiger partial charge < -0.3 is 0 Å². The number of hydrogen-bond donors (Lipinski definition) is 0. The van der Waals surface area contributed by atoms with Gasteiger partial charge in [0.25, 0.3) is 4.52 Å². The van der Waals surface area contributed by atoms with Crippen LogP contribution < -0.4 is 0 Å². The fourth-order valence-electron chi connectivity index (χ4n) is 0.421. The van der Waals surface area contributed by atoms with Crippen molar-refractivity contribution in [2.75, 3.05) is 0 Å². The molecule has 4 heteroatoms. The average Bonchev–Trinajstić information content (AvgIpc) is 1.64. The van der Waals surface area contributed by atoms with Gasteiger partial charge in [-0.3, -0.25) is 0 Å². The SMILES string of the molecule is CCCC(Cl)C([O])(Cl)Cl. The third-order valence-electron chi connectivity index (χ3n) is 0.907. The molecule has 0 spiro atoms. The third-order valence-corrected chi connectivity index (χ3v) is 2.18. The molecule has 1 atom stereocenters. The molecule has 0 heterocycles. The lowest BCUT2D eigenvalue weighted by Gasteiger charge is -2.14. The Bertz CT molecular complexity index is 78.8. The van der Waals surface area contributed by atoms with E-state index in [-0.39, 0.29) is 0 Å². The first-order valence-electron chi connectivity index (χ1n) is 2.70. The molecule has 9 heavy (non-hydrogen) atoms. The van der Waals surface area contributed by atoms with E-state index in [1.54, 1.807) is 0 Å². The van der Waals surface area contributed by atoms with Gasteiger partial charge >= 0.3 is 0 Å². The van der Waals surface area contributed by atoms with Crippen LogP contribution in [0.5, 0.6) is 0 Å². The van der Waals surface area contributed by atoms with E-state index in [9.17, 15) is 5.11 Å². The van der Waals surface area contributed by atoms with Crippen LogP contribution in [0.2, 0.25) is 0 Å². The first kappa shape index (κ1) is 9.83. The fraction of sp³-hybridized carbons (Fsp3) is 1.00. The van der Waals surface area contributed by atoms with Gasteiger partial charge in [-0.05, 0) is 6.42 Å². The summed E-state index contributed by atoms with van der Waals surface area (Å²) in [5, 5.41) is 9.90. The third kappa shape index (κ3) is 4.26. The number of rotatable bonds is 3. The molecular weight excluding hydrogens is 182 g/mol. The molecule has 1 radical (unpaired) electrons. The van der Waals surface area contributed by atoms with Crippen LogP contribution >= 0.6 is 34.8 Å². The maximum atomic E-state index is 10.6. The second kappa shape index (κ2) is 3.87. The predicted molar refractivity (Wildman–Crippen MR) is 39.7 cm³/mol. The summed E-state index contributed by atoms with van der Waals surface area (Å²) in [5.41, 5.74) is 0. The molecule has 0 aliphatic heterocycles. The van der Waals surface area contributed by atoms with E-state index >= 15 is 0 Å². The normalized spacial score (nSPS) is 15.7. The van der Waals surface area contributed by atoms with E-state index in [0.717, 1.165) is 6.42 Å². The molecule has 1 unspecified atom stereocenters. The van der Waals surface area contributed by atoms with Crippen LogP contribution in [0, 0.1) is 0 Å². The van der Waals surface area contributed by atoms with Crippen molar-refractivity contribution in [3.63, 3.8) is 0 Å². The highest BCUT2D eigenvalue weighted by Gasteiger charge is 2.31. The van der Waals surface area contributed by atoms with Gasteiger partial charge in [0.2, 0.25) is 0 Å². The number of alkyl halides is 3. The second-order valence-corrected chi connectivity index (χ2v) is 3.66. The van der Waals surface area contributed by atoms with Crippen LogP contribution in [-0.4, -0.2) is 9.90 Å². The van der Waals surface area contributed by atoms with Gasteiger partial charge in [-0.15, -0.1) is 11.6 Å². The van der Waals surface area contributed by atoms with Crippen molar-refractivity contribution in [1.29, 1.82) is 0 Å².